The molecule has 0 N–H and O–H groups in total. The van der Waals surface area contributed by atoms with Crippen LogP contribution in [-0.4, -0.2) is 22.2 Å². The molecule has 0 bridgehead atoms. The maximum atomic E-state index is 4.26. The number of pyridine rings is 1. The molecular formula is C13H18N4S. The van der Waals surface area contributed by atoms with E-state index in [4.69, 9.17) is 0 Å². The van der Waals surface area contributed by atoms with Crippen molar-refractivity contribution in [3.8, 4) is 0 Å². The van der Waals surface area contributed by atoms with E-state index < -0.39 is 0 Å². The summed E-state index contributed by atoms with van der Waals surface area (Å²) in [7, 11) is 2.03. The van der Waals surface area contributed by atoms with Gasteiger partial charge in [-0.25, -0.2) is 0 Å². The van der Waals surface area contributed by atoms with Crippen LogP contribution in [0, 0.1) is 0 Å². The van der Waals surface area contributed by atoms with Crippen molar-refractivity contribution in [2.45, 2.75) is 32.7 Å². The Bertz CT molecular complexity index is 501. The summed E-state index contributed by atoms with van der Waals surface area (Å²) in [6.45, 7) is 7.25. The lowest BCUT2D eigenvalue weighted by Gasteiger charge is -2.15. The average molecular weight is 262 g/mol. The molecule has 0 unspecified atom stereocenters. The number of hydrogen-bond acceptors (Lipinski definition) is 5. The maximum Gasteiger partial charge on any atom is 0.208 e. The van der Waals surface area contributed by atoms with E-state index in [1.165, 1.54) is 5.56 Å². The molecule has 0 saturated heterocycles. The van der Waals surface area contributed by atoms with Crippen LogP contribution in [-0.2, 0) is 12.0 Å². The lowest BCUT2D eigenvalue weighted by Crippen LogP contribution is -2.16. The molecule has 0 radical (unpaired) electrons. The minimum atomic E-state index is 0.0606. The van der Waals surface area contributed by atoms with Crippen molar-refractivity contribution in [1.82, 2.24) is 15.2 Å². The molecule has 0 spiro atoms. The summed E-state index contributed by atoms with van der Waals surface area (Å²) in [6, 6.07) is 4.01. The Morgan fingerprint density at radius 1 is 1.28 bits per heavy atom. The molecule has 0 aliphatic heterocycles. The van der Waals surface area contributed by atoms with Gasteiger partial charge in [0.2, 0.25) is 5.13 Å². The van der Waals surface area contributed by atoms with Crippen molar-refractivity contribution >= 4 is 16.5 Å². The van der Waals surface area contributed by atoms with Crippen LogP contribution in [0.15, 0.2) is 24.5 Å². The van der Waals surface area contributed by atoms with Crippen LogP contribution >= 0.6 is 11.3 Å². The zero-order valence-electron chi connectivity index (χ0n) is 11.2. The van der Waals surface area contributed by atoms with Gasteiger partial charge >= 0.3 is 0 Å². The van der Waals surface area contributed by atoms with Crippen molar-refractivity contribution in [2.24, 2.45) is 0 Å². The van der Waals surface area contributed by atoms with Crippen molar-refractivity contribution in [3.63, 3.8) is 0 Å². The van der Waals surface area contributed by atoms with Gasteiger partial charge < -0.3 is 4.90 Å². The third kappa shape index (κ3) is 3.04. The maximum absolute atomic E-state index is 4.26. The predicted octanol–water partition coefficient (Wildman–Crippen LogP) is 2.87. The van der Waals surface area contributed by atoms with Gasteiger partial charge in [0.15, 0.2) is 0 Å². The first-order chi connectivity index (χ1) is 8.47. The zero-order valence-corrected chi connectivity index (χ0v) is 12.0. The summed E-state index contributed by atoms with van der Waals surface area (Å²) in [5.74, 6) is 0. The topological polar surface area (TPSA) is 41.9 Å². The highest BCUT2D eigenvalue weighted by molar-refractivity contribution is 7.15. The molecule has 0 aliphatic rings. The van der Waals surface area contributed by atoms with E-state index in [9.17, 15) is 0 Å². The standard InChI is InChI=1S/C13H18N4S/c1-13(2,3)11-15-16-12(18-11)17(4)9-10-6-5-7-14-8-10/h5-8H,9H2,1-4H3. The minimum absolute atomic E-state index is 0.0606. The van der Waals surface area contributed by atoms with Gasteiger partial charge in [-0.1, -0.05) is 38.2 Å². The first-order valence-electron chi connectivity index (χ1n) is 5.91. The van der Waals surface area contributed by atoms with E-state index in [0.29, 0.717) is 0 Å². The van der Waals surface area contributed by atoms with E-state index in [0.717, 1.165) is 16.7 Å². The summed E-state index contributed by atoms with van der Waals surface area (Å²) in [5, 5.41) is 10.5. The fourth-order valence-corrected chi connectivity index (χ4v) is 2.37. The minimum Gasteiger partial charge on any atom is -0.345 e. The van der Waals surface area contributed by atoms with Gasteiger partial charge in [0.25, 0.3) is 0 Å². The largest absolute Gasteiger partial charge is 0.345 e. The third-order valence-corrected chi connectivity index (χ3v) is 3.99. The second-order valence-electron chi connectivity index (χ2n) is 5.36. The molecule has 2 aromatic heterocycles. The molecule has 0 fully saturated rings. The van der Waals surface area contributed by atoms with E-state index in [2.05, 4.69) is 46.9 Å². The van der Waals surface area contributed by atoms with E-state index in [1.807, 2.05) is 19.3 Å². The molecule has 18 heavy (non-hydrogen) atoms. The number of anilines is 1. The fraction of sp³-hybridized carbons (Fsp3) is 0.462. The van der Waals surface area contributed by atoms with Crippen LogP contribution in [0.3, 0.4) is 0 Å². The van der Waals surface area contributed by atoms with Crippen LogP contribution in [0.2, 0.25) is 0 Å². The Kier molecular flexibility index (Phi) is 3.61. The number of aromatic nitrogens is 3. The summed E-state index contributed by atoms with van der Waals surface area (Å²) in [4.78, 5) is 6.22. The normalized spacial score (nSPS) is 11.6. The molecule has 0 aromatic carbocycles. The molecule has 2 rings (SSSR count). The summed E-state index contributed by atoms with van der Waals surface area (Å²) in [6.07, 6.45) is 3.66. The monoisotopic (exact) mass is 262 g/mol. The zero-order chi connectivity index (χ0) is 13.2. The molecule has 2 heterocycles. The van der Waals surface area contributed by atoms with Crippen LogP contribution < -0.4 is 4.90 Å². The van der Waals surface area contributed by atoms with Gasteiger partial charge in [0, 0.05) is 31.4 Å². The molecular weight excluding hydrogens is 244 g/mol. The fourth-order valence-electron chi connectivity index (χ4n) is 1.51. The highest BCUT2D eigenvalue weighted by Gasteiger charge is 2.20. The Morgan fingerprint density at radius 3 is 2.61 bits per heavy atom. The van der Waals surface area contributed by atoms with Crippen LogP contribution in [0.1, 0.15) is 31.3 Å². The first-order valence-corrected chi connectivity index (χ1v) is 6.72. The van der Waals surface area contributed by atoms with Crippen molar-refractivity contribution in [3.05, 3.63) is 35.1 Å². The van der Waals surface area contributed by atoms with Gasteiger partial charge in [-0.3, -0.25) is 4.98 Å². The quantitative estimate of drug-likeness (QED) is 0.853. The average Bonchev–Trinajstić information content (AvgIpc) is 2.79. The highest BCUT2D eigenvalue weighted by atomic mass is 32.1. The van der Waals surface area contributed by atoms with Crippen molar-refractivity contribution in [1.29, 1.82) is 0 Å². The van der Waals surface area contributed by atoms with E-state index in [-0.39, 0.29) is 5.41 Å². The van der Waals surface area contributed by atoms with Gasteiger partial charge in [0.05, 0.1) is 0 Å². The summed E-state index contributed by atoms with van der Waals surface area (Å²) >= 11 is 1.65. The summed E-state index contributed by atoms with van der Waals surface area (Å²) in [5.41, 5.74) is 1.23. The lowest BCUT2D eigenvalue weighted by molar-refractivity contribution is 0.578. The molecule has 96 valence electrons. The van der Waals surface area contributed by atoms with E-state index >= 15 is 0 Å². The Balaban J connectivity index is 2.10. The smallest absolute Gasteiger partial charge is 0.208 e. The Hall–Kier alpha value is -1.49. The Morgan fingerprint density at radius 2 is 2.06 bits per heavy atom. The second-order valence-corrected chi connectivity index (χ2v) is 6.31. The molecule has 5 heteroatoms. The van der Waals surface area contributed by atoms with Crippen molar-refractivity contribution in [2.75, 3.05) is 11.9 Å². The molecule has 0 saturated carbocycles. The number of rotatable bonds is 3. The molecule has 2 aromatic rings. The highest BCUT2D eigenvalue weighted by Crippen LogP contribution is 2.29. The van der Waals surface area contributed by atoms with Crippen LogP contribution in [0.5, 0.6) is 0 Å². The van der Waals surface area contributed by atoms with Gasteiger partial charge in [-0.2, -0.15) is 0 Å². The lowest BCUT2D eigenvalue weighted by atomic mass is 9.98. The Labute approximate surface area is 112 Å². The number of nitrogens with zero attached hydrogens (tertiary/aromatic N) is 4. The second kappa shape index (κ2) is 5.02. The first kappa shape index (κ1) is 13.0. The molecule has 0 amide bonds. The van der Waals surface area contributed by atoms with E-state index in [1.54, 1.807) is 17.5 Å². The molecule has 0 aliphatic carbocycles. The van der Waals surface area contributed by atoms with Gasteiger partial charge in [-0.15, -0.1) is 10.2 Å². The predicted molar refractivity (Wildman–Crippen MR) is 75.0 cm³/mol. The van der Waals surface area contributed by atoms with Crippen molar-refractivity contribution < 1.29 is 0 Å². The summed E-state index contributed by atoms with van der Waals surface area (Å²) < 4.78 is 0. The SMILES string of the molecule is CN(Cc1cccnc1)c1nnc(C(C)(C)C)s1. The van der Waals surface area contributed by atoms with Crippen LogP contribution in [0.25, 0.3) is 0 Å². The molecule has 0 atom stereocenters. The van der Waals surface area contributed by atoms with Crippen LogP contribution in [0.4, 0.5) is 5.13 Å². The van der Waals surface area contributed by atoms with Gasteiger partial charge in [0.1, 0.15) is 5.01 Å². The molecule has 4 nitrogen and oxygen atoms in total. The number of hydrogen-bond donors (Lipinski definition) is 0. The third-order valence-electron chi connectivity index (χ3n) is 2.53. The van der Waals surface area contributed by atoms with Gasteiger partial charge in [-0.05, 0) is 11.6 Å².